The Bertz CT molecular complexity index is 726. The summed E-state index contributed by atoms with van der Waals surface area (Å²) < 4.78 is 0. The molecule has 3 amide bonds. The number of imide groups is 1. The Balaban J connectivity index is 2.23. The summed E-state index contributed by atoms with van der Waals surface area (Å²) in [5, 5.41) is 11.5. The molecule has 0 aromatic heterocycles. The minimum absolute atomic E-state index is 0.254. The number of fused-ring (bicyclic) bond motifs is 1. The molecule has 0 fully saturated rings. The molecule has 1 unspecified atom stereocenters. The highest BCUT2D eigenvalue weighted by atomic mass is 16.4. The number of benzene rings is 1. The molecule has 2 atom stereocenters. The number of carbonyl (C=O) groups is 4. The van der Waals surface area contributed by atoms with Gasteiger partial charge in [0.25, 0.3) is 11.8 Å². The molecular formula is C17H20N2O5. The van der Waals surface area contributed by atoms with Crippen LogP contribution in [0.2, 0.25) is 0 Å². The van der Waals surface area contributed by atoms with E-state index in [4.69, 9.17) is 5.11 Å². The fourth-order valence-corrected chi connectivity index (χ4v) is 2.63. The van der Waals surface area contributed by atoms with E-state index in [1.54, 1.807) is 39.0 Å². The lowest BCUT2D eigenvalue weighted by atomic mass is 10.0. The Morgan fingerprint density at radius 2 is 1.67 bits per heavy atom. The fourth-order valence-electron chi connectivity index (χ4n) is 2.63. The number of carbonyl (C=O) groups excluding carboxylic acids is 3. The van der Waals surface area contributed by atoms with Gasteiger partial charge in [-0.05, 0) is 31.9 Å². The van der Waals surface area contributed by atoms with Crippen molar-refractivity contribution >= 4 is 23.7 Å². The number of amides is 3. The maximum Gasteiger partial charge on any atom is 0.326 e. The number of aryl methyl sites for hydroxylation is 1. The molecule has 0 bridgehead atoms. The predicted octanol–water partition coefficient (Wildman–Crippen LogP) is 1.20. The number of hydrogen-bond acceptors (Lipinski definition) is 4. The molecule has 1 heterocycles. The second-order valence-corrected chi connectivity index (χ2v) is 6.27. The number of aliphatic carboxylic acids is 1. The molecule has 0 aliphatic carbocycles. The number of rotatable bonds is 5. The van der Waals surface area contributed by atoms with Gasteiger partial charge in [0, 0.05) is 0 Å². The third kappa shape index (κ3) is 3.02. The van der Waals surface area contributed by atoms with E-state index in [1.807, 2.05) is 0 Å². The molecule has 0 saturated carbocycles. The third-order valence-corrected chi connectivity index (χ3v) is 4.07. The van der Waals surface area contributed by atoms with Crippen molar-refractivity contribution in [2.75, 3.05) is 0 Å². The number of hydrogen-bond donors (Lipinski definition) is 2. The van der Waals surface area contributed by atoms with Crippen LogP contribution in [0.3, 0.4) is 0 Å². The summed E-state index contributed by atoms with van der Waals surface area (Å²) in [6.45, 7) is 6.53. The van der Waals surface area contributed by atoms with Gasteiger partial charge >= 0.3 is 5.97 Å². The van der Waals surface area contributed by atoms with Crippen LogP contribution in [0.25, 0.3) is 0 Å². The standard InChI is InChI=1S/C17H20N2O5/c1-8(2)13(17(23)24)18-14(20)10(4)19-15(21)11-6-5-9(3)7-12(11)16(19)22/h5-8,10,13H,1-4H3,(H,18,20)(H,23,24)/t10?,13-/m0/s1. The van der Waals surface area contributed by atoms with Crippen LogP contribution in [-0.2, 0) is 9.59 Å². The van der Waals surface area contributed by atoms with Gasteiger partial charge in [-0.1, -0.05) is 25.5 Å². The van der Waals surface area contributed by atoms with Gasteiger partial charge in [0.05, 0.1) is 11.1 Å². The first-order valence-corrected chi connectivity index (χ1v) is 7.66. The molecule has 7 heteroatoms. The van der Waals surface area contributed by atoms with Gasteiger partial charge in [0.2, 0.25) is 5.91 Å². The lowest BCUT2D eigenvalue weighted by molar-refractivity contribution is -0.143. The molecule has 1 aliphatic rings. The predicted molar refractivity (Wildman–Crippen MR) is 85.5 cm³/mol. The van der Waals surface area contributed by atoms with Crippen molar-refractivity contribution < 1.29 is 24.3 Å². The van der Waals surface area contributed by atoms with E-state index in [-0.39, 0.29) is 17.0 Å². The van der Waals surface area contributed by atoms with Gasteiger partial charge in [-0.15, -0.1) is 0 Å². The van der Waals surface area contributed by atoms with Crippen LogP contribution in [0.15, 0.2) is 18.2 Å². The molecule has 0 radical (unpaired) electrons. The molecule has 2 N–H and O–H groups in total. The molecule has 7 nitrogen and oxygen atoms in total. The Labute approximate surface area is 139 Å². The molecule has 1 aromatic rings. The van der Waals surface area contributed by atoms with Gasteiger partial charge in [0.15, 0.2) is 0 Å². The molecule has 1 aromatic carbocycles. The minimum Gasteiger partial charge on any atom is -0.480 e. The topological polar surface area (TPSA) is 104 Å². The molecule has 0 saturated heterocycles. The zero-order chi connectivity index (χ0) is 18.2. The summed E-state index contributed by atoms with van der Waals surface area (Å²) in [6, 6.07) is 2.70. The van der Waals surface area contributed by atoms with Gasteiger partial charge < -0.3 is 10.4 Å². The maximum atomic E-state index is 12.5. The van der Waals surface area contributed by atoms with Crippen molar-refractivity contribution in [3.8, 4) is 0 Å². The summed E-state index contributed by atoms with van der Waals surface area (Å²) in [4.78, 5) is 49.3. The molecule has 2 rings (SSSR count). The second kappa shape index (κ2) is 6.43. The van der Waals surface area contributed by atoms with Gasteiger partial charge in [-0.3, -0.25) is 19.3 Å². The van der Waals surface area contributed by atoms with Crippen LogP contribution in [0.5, 0.6) is 0 Å². The number of nitrogens with zero attached hydrogens (tertiary/aromatic N) is 1. The Hall–Kier alpha value is -2.70. The minimum atomic E-state index is -1.16. The summed E-state index contributed by atoms with van der Waals surface area (Å²) in [6.07, 6.45) is 0. The Kier molecular flexibility index (Phi) is 4.73. The fraction of sp³-hybridized carbons (Fsp3) is 0.412. The van der Waals surface area contributed by atoms with Crippen LogP contribution < -0.4 is 5.32 Å². The summed E-state index contributed by atoms with van der Waals surface area (Å²) >= 11 is 0. The van der Waals surface area contributed by atoms with E-state index in [0.29, 0.717) is 0 Å². The number of carboxylic acids is 1. The van der Waals surface area contributed by atoms with Crippen LogP contribution >= 0.6 is 0 Å². The average molecular weight is 332 g/mol. The molecule has 0 spiro atoms. The molecule has 128 valence electrons. The first-order chi connectivity index (χ1) is 11.1. The highest BCUT2D eigenvalue weighted by Gasteiger charge is 2.41. The van der Waals surface area contributed by atoms with Crippen LogP contribution in [0, 0.1) is 12.8 Å². The quantitative estimate of drug-likeness (QED) is 0.789. The monoisotopic (exact) mass is 332 g/mol. The SMILES string of the molecule is Cc1ccc2c(c1)C(=O)N(C(C)C(=O)N[C@H](C(=O)O)C(C)C)C2=O. The normalized spacial score (nSPS) is 16.1. The van der Waals surface area contributed by atoms with Crippen LogP contribution in [-0.4, -0.2) is 45.8 Å². The Morgan fingerprint density at radius 3 is 2.21 bits per heavy atom. The zero-order valence-electron chi connectivity index (χ0n) is 14.0. The van der Waals surface area contributed by atoms with E-state index in [2.05, 4.69) is 5.32 Å². The lowest BCUT2D eigenvalue weighted by Gasteiger charge is -2.25. The zero-order valence-corrected chi connectivity index (χ0v) is 14.0. The number of carboxylic acid groups (broad SMARTS) is 1. The number of nitrogens with one attached hydrogen (secondary N) is 1. The van der Waals surface area contributed by atoms with Crippen LogP contribution in [0.4, 0.5) is 0 Å². The first kappa shape index (κ1) is 17.7. The summed E-state index contributed by atoms with van der Waals surface area (Å²) in [5.74, 6) is -3.26. The molecule has 1 aliphatic heterocycles. The van der Waals surface area contributed by atoms with E-state index in [9.17, 15) is 19.2 Å². The highest BCUT2D eigenvalue weighted by Crippen LogP contribution is 2.25. The van der Waals surface area contributed by atoms with Gasteiger partial charge in [0.1, 0.15) is 12.1 Å². The largest absolute Gasteiger partial charge is 0.480 e. The molecular weight excluding hydrogens is 312 g/mol. The first-order valence-electron chi connectivity index (χ1n) is 7.66. The maximum absolute atomic E-state index is 12.5. The van der Waals surface area contributed by atoms with Gasteiger partial charge in [-0.2, -0.15) is 0 Å². The van der Waals surface area contributed by atoms with Crippen molar-refractivity contribution in [1.29, 1.82) is 0 Å². The van der Waals surface area contributed by atoms with E-state index < -0.39 is 35.8 Å². The Morgan fingerprint density at radius 1 is 1.08 bits per heavy atom. The third-order valence-electron chi connectivity index (χ3n) is 4.07. The van der Waals surface area contributed by atoms with E-state index in [0.717, 1.165) is 10.5 Å². The van der Waals surface area contributed by atoms with E-state index in [1.165, 1.54) is 6.92 Å². The summed E-state index contributed by atoms with van der Waals surface area (Å²) in [5.41, 5.74) is 1.35. The van der Waals surface area contributed by atoms with Crippen molar-refractivity contribution in [1.82, 2.24) is 10.2 Å². The van der Waals surface area contributed by atoms with Crippen molar-refractivity contribution in [3.63, 3.8) is 0 Å². The van der Waals surface area contributed by atoms with E-state index >= 15 is 0 Å². The van der Waals surface area contributed by atoms with Crippen LogP contribution in [0.1, 0.15) is 47.1 Å². The smallest absolute Gasteiger partial charge is 0.326 e. The molecule has 24 heavy (non-hydrogen) atoms. The second-order valence-electron chi connectivity index (χ2n) is 6.27. The highest BCUT2D eigenvalue weighted by molar-refractivity contribution is 6.22. The lowest BCUT2D eigenvalue weighted by Crippen LogP contribution is -2.53. The van der Waals surface area contributed by atoms with Crippen molar-refractivity contribution in [2.45, 2.75) is 39.8 Å². The van der Waals surface area contributed by atoms with Crippen molar-refractivity contribution in [2.24, 2.45) is 5.92 Å². The summed E-state index contributed by atoms with van der Waals surface area (Å²) in [7, 11) is 0. The van der Waals surface area contributed by atoms with Crippen molar-refractivity contribution in [3.05, 3.63) is 34.9 Å². The average Bonchev–Trinajstić information content (AvgIpc) is 2.74. The van der Waals surface area contributed by atoms with Gasteiger partial charge in [-0.25, -0.2) is 4.79 Å².